The molecule has 15 heavy (non-hydrogen) atoms. The van der Waals surface area contributed by atoms with Crippen LogP contribution in [0.4, 0.5) is 5.69 Å². The monoisotopic (exact) mass is 211 g/mol. The van der Waals surface area contributed by atoms with E-state index in [1.807, 2.05) is 25.1 Å². The zero-order valence-corrected chi connectivity index (χ0v) is 9.03. The zero-order valence-electron chi connectivity index (χ0n) is 9.03. The third-order valence-electron chi connectivity index (χ3n) is 2.09. The molecule has 0 fully saturated rings. The molecule has 0 saturated carbocycles. The Hall–Kier alpha value is -1.26. The lowest BCUT2D eigenvalue weighted by molar-refractivity contribution is 0.105. The minimum Gasteiger partial charge on any atom is -0.495 e. The van der Waals surface area contributed by atoms with Crippen molar-refractivity contribution < 1.29 is 14.9 Å². The fourth-order valence-corrected chi connectivity index (χ4v) is 1.25. The van der Waals surface area contributed by atoms with Crippen molar-refractivity contribution in [3.63, 3.8) is 0 Å². The number of rotatable bonds is 5. The molecule has 1 unspecified atom stereocenters. The maximum Gasteiger partial charge on any atom is 0.141 e. The van der Waals surface area contributed by atoms with Gasteiger partial charge in [0, 0.05) is 6.54 Å². The summed E-state index contributed by atoms with van der Waals surface area (Å²) in [6.45, 7) is 2.03. The topological polar surface area (TPSA) is 61.7 Å². The van der Waals surface area contributed by atoms with E-state index >= 15 is 0 Å². The Morgan fingerprint density at radius 3 is 2.80 bits per heavy atom. The van der Waals surface area contributed by atoms with E-state index in [1.165, 1.54) is 0 Å². The predicted octanol–water partition coefficient (Wildman–Crippen LogP) is 0.769. The first kappa shape index (κ1) is 11.8. The molecule has 1 rings (SSSR count). The zero-order chi connectivity index (χ0) is 11.3. The second-order valence-corrected chi connectivity index (χ2v) is 3.42. The molecule has 1 atom stereocenters. The number of ether oxygens (including phenoxy) is 1. The number of aliphatic hydroxyl groups is 2. The highest BCUT2D eigenvalue weighted by molar-refractivity contribution is 5.58. The van der Waals surface area contributed by atoms with E-state index < -0.39 is 6.10 Å². The average molecular weight is 211 g/mol. The van der Waals surface area contributed by atoms with Crippen molar-refractivity contribution in [3.8, 4) is 5.75 Å². The molecule has 0 bridgehead atoms. The third kappa shape index (κ3) is 3.42. The van der Waals surface area contributed by atoms with Gasteiger partial charge in [0.15, 0.2) is 0 Å². The largest absolute Gasteiger partial charge is 0.495 e. The summed E-state index contributed by atoms with van der Waals surface area (Å²) in [4.78, 5) is 0. The van der Waals surface area contributed by atoms with E-state index in [9.17, 15) is 5.11 Å². The highest BCUT2D eigenvalue weighted by atomic mass is 16.5. The summed E-state index contributed by atoms with van der Waals surface area (Å²) < 4.78 is 5.16. The summed E-state index contributed by atoms with van der Waals surface area (Å²) in [7, 11) is 1.60. The average Bonchev–Trinajstić information content (AvgIpc) is 2.26. The Morgan fingerprint density at radius 1 is 1.47 bits per heavy atom. The normalized spacial score (nSPS) is 12.3. The number of aryl methyl sites for hydroxylation is 1. The van der Waals surface area contributed by atoms with Gasteiger partial charge in [0.2, 0.25) is 0 Å². The van der Waals surface area contributed by atoms with Crippen molar-refractivity contribution in [2.75, 3.05) is 25.6 Å². The smallest absolute Gasteiger partial charge is 0.141 e. The maximum absolute atomic E-state index is 9.20. The molecule has 4 heteroatoms. The van der Waals surface area contributed by atoms with Gasteiger partial charge >= 0.3 is 0 Å². The van der Waals surface area contributed by atoms with Crippen LogP contribution in [0.15, 0.2) is 18.2 Å². The van der Waals surface area contributed by atoms with E-state index in [0.717, 1.165) is 17.0 Å². The SMILES string of the molecule is COc1ccc(C)cc1NCC(O)CO. The van der Waals surface area contributed by atoms with Gasteiger partial charge in [-0.3, -0.25) is 0 Å². The van der Waals surface area contributed by atoms with Gasteiger partial charge in [-0.2, -0.15) is 0 Å². The minimum absolute atomic E-state index is 0.249. The number of benzene rings is 1. The van der Waals surface area contributed by atoms with Crippen molar-refractivity contribution in [2.24, 2.45) is 0 Å². The van der Waals surface area contributed by atoms with Crippen LogP contribution >= 0.6 is 0 Å². The molecule has 1 aromatic carbocycles. The molecule has 3 N–H and O–H groups in total. The summed E-state index contributed by atoms with van der Waals surface area (Å²) >= 11 is 0. The van der Waals surface area contributed by atoms with Gasteiger partial charge in [-0.05, 0) is 24.6 Å². The van der Waals surface area contributed by atoms with E-state index in [-0.39, 0.29) is 6.61 Å². The lowest BCUT2D eigenvalue weighted by Gasteiger charge is -2.13. The van der Waals surface area contributed by atoms with Gasteiger partial charge < -0.3 is 20.3 Å². The summed E-state index contributed by atoms with van der Waals surface area (Å²) in [6.07, 6.45) is -0.754. The van der Waals surface area contributed by atoms with Crippen LogP contribution < -0.4 is 10.1 Å². The van der Waals surface area contributed by atoms with E-state index in [0.29, 0.717) is 6.54 Å². The lowest BCUT2D eigenvalue weighted by Crippen LogP contribution is -2.23. The Balaban J connectivity index is 2.69. The quantitative estimate of drug-likeness (QED) is 0.673. The van der Waals surface area contributed by atoms with Crippen LogP contribution in [-0.4, -0.2) is 36.6 Å². The third-order valence-corrected chi connectivity index (χ3v) is 2.09. The lowest BCUT2D eigenvalue weighted by atomic mass is 10.2. The molecule has 0 amide bonds. The van der Waals surface area contributed by atoms with Gasteiger partial charge in [-0.25, -0.2) is 0 Å². The van der Waals surface area contributed by atoms with Crippen molar-refractivity contribution >= 4 is 5.69 Å². The fourth-order valence-electron chi connectivity index (χ4n) is 1.25. The number of methoxy groups -OCH3 is 1. The van der Waals surface area contributed by atoms with E-state index in [4.69, 9.17) is 9.84 Å². The Labute approximate surface area is 89.5 Å². The predicted molar refractivity (Wildman–Crippen MR) is 59.3 cm³/mol. The molecule has 0 aliphatic heterocycles. The number of aliphatic hydroxyl groups excluding tert-OH is 2. The standard InChI is InChI=1S/C11H17NO3/c1-8-3-4-11(15-2)10(5-8)12-6-9(14)7-13/h3-5,9,12-14H,6-7H2,1-2H3. The van der Waals surface area contributed by atoms with Crippen LogP contribution in [0.5, 0.6) is 5.75 Å². The fraction of sp³-hybridized carbons (Fsp3) is 0.455. The van der Waals surface area contributed by atoms with Gasteiger partial charge in [0.05, 0.1) is 25.5 Å². The Bertz CT molecular complexity index is 315. The van der Waals surface area contributed by atoms with E-state index in [2.05, 4.69) is 5.32 Å². The van der Waals surface area contributed by atoms with Crippen molar-refractivity contribution in [1.29, 1.82) is 0 Å². The van der Waals surface area contributed by atoms with Gasteiger partial charge in [-0.1, -0.05) is 6.07 Å². The van der Waals surface area contributed by atoms with Gasteiger partial charge in [-0.15, -0.1) is 0 Å². The highest BCUT2D eigenvalue weighted by Crippen LogP contribution is 2.24. The molecule has 0 spiro atoms. The van der Waals surface area contributed by atoms with Gasteiger partial charge in [0.25, 0.3) is 0 Å². The molecule has 0 aromatic heterocycles. The maximum atomic E-state index is 9.20. The molecule has 0 aliphatic rings. The first-order valence-electron chi connectivity index (χ1n) is 4.84. The van der Waals surface area contributed by atoms with Crippen LogP contribution in [0.2, 0.25) is 0 Å². The number of hydrogen-bond donors (Lipinski definition) is 3. The van der Waals surface area contributed by atoms with Crippen LogP contribution in [0, 0.1) is 6.92 Å². The molecule has 1 aromatic rings. The first-order valence-corrected chi connectivity index (χ1v) is 4.84. The van der Waals surface area contributed by atoms with Crippen LogP contribution in [-0.2, 0) is 0 Å². The molecule has 4 nitrogen and oxygen atoms in total. The van der Waals surface area contributed by atoms with Crippen LogP contribution in [0.25, 0.3) is 0 Å². The second-order valence-electron chi connectivity index (χ2n) is 3.42. The summed E-state index contributed by atoms with van der Waals surface area (Å²) in [5, 5.41) is 20.9. The summed E-state index contributed by atoms with van der Waals surface area (Å²) in [5.74, 6) is 0.728. The van der Waals surface area contributed by atoms with Crippen molar-refractivity contribution in [2.45, 2.75) is 13.0 Å². The molecular formula is C11H17NO3. The molecule has 84 valence electrons. The molecule has 0 saturated heterocycles. The molecule has 0 heterocycles. The number of anilines is 1. The molecule has 0 radical (unpaired) electrons. The Morgan fingerprint density at radius 2 is 2.20 bits per heavy atom. The van der Waals surface area contributed by atoms with E-state index in [1.54, 1.807) is 7.11 Å². The summed E-state index contributed by atoms with van der Waals surface area (Å²) in [6, 6.07) is 5.75. The minimum atomic E-state index is -0.754. The van der Waals surface area contributed by atoms with Crippen LogP contribution in [0.1, 0.15) is 5.56 Å². The van der Waals surface area contributed by atoms with Crippen LogP contribution in [0.3, 0.4) is 0 Å². The highest BCUT2D eigenvalue weighted by Gasteiger charge is 2.05. The van der Waals surface area contributed by atoms with Crippen molar-refractivity contribution in [3.05, 3.63) is 23.8 Å². The molecular weight excluding hydrogens is 194 g/mol. The Kier molecular flexibility index (Phi) is 4.39. The van der Waals surface area contributed by atoms with Crippen molar-refractivity contribution in [1.82, 2.24) is 0 Å². The number of nitrogens with one attached hydrogen (secondary N) is 1. The second kappa shape index (κ2) is 5.58. The van der Waals surface area contributed by atoms with Gasteiger partial charge in [0.1, 0.15) is 5.75 Å². The molecule has 0 aliphatic carbocycles. The number of hydrogen-bond acceptors (Lipinski definition) is 4. The summed E-state index contributed by atoms with van der Waals surface area (Å²) in [5.41, 5.74) is 1.93. The first-order chi connectivity index (χ1) is 7.17.